The number of amides is 1. The number of thioether (sulfide) groups is 1. The van der Waals surface area contributed by atoms with E-state index in [1.165, 1.54) is 21.7 Å². The van der Waals surface area contributed by atoms with Crippen LogP contribution in [0, 0.1) is 11.8 Å². The summed E-state index contributed by atoms with van der Waals surface area (Å²) in [7, 11) is 3.26. The molecule has 10 heteroatoms. The van der Waals surface area contributed by atoms with Crippen molar-refractivity contribution in [2.45, 2.75) is 43.7 Å². The number of aliphatic hydroxyl groups is 1. The molecule has 3 aliphatic rings. The minimum Gasteiger partial charge on any atom is -0.477 e. The average molecular weight is 399 g/mol. The van der Waals surface area contributed by atoms with E-state index < -0.39 is 24.0 Å². The summed E-state index contributed by atoms with van der Waals surface area (Å²) in [5.74, 6) is -2.60. The Hall–Kier alpha value is -1.62. The lowest BCUT2D eigenvalue weighted by molar-refractivity contribution is -0.180. The topological polar surface area (TPSA) is 119 Å². The van der Waals surface area contributed by atoms with Gasteiger partial charge in [-0.25, -0.2) is 9.59 Å². The molecule has 27 heavy (non-hydrogen) atoms. The highest BCUT2D eigenvalue weighted by Gasteiger charge is 2.60. The zero-order valence-electron chi connectivity index (χ0n) is 15.7. The minimum atomic E-state index is -1.14. The van der Waals surface area contributed by atoms with Gasteiger partial charge in [-0.15, -0.1) is 16.8 Å². The Kier molecular flexibility index (Phi) is 5.53. The van der Waals surface area contributed by atoms with Crippen LogP contribution in [-0.4, -0.2) is 82.1 Å². The minimum absolute atomic E-state index is 0.00434. The van der Waals surface area contributed by atoms with E-state index in [1.54, 1.807) is 21.0 Å². The van der Waals surface area contributed by atoms with Gasteiger partial charge in [0.25, 0.3) is 0 Å². The molecule has 0 aromatic heterocycles. The van der Waals surface area contributed by atoms with Gasteiger partial charge in [0.05, 0.1) is 18.1 Å². The summed E-state index contributed by atoms with van der Waals surface area (Å²) in [4.78, 5) is 43.2. The van der Waals surface area contributed by atoms with Gasteiger partial charge >= 0.3 is 11.9 Å². The number of aliphatic hydroxyl groups excluding tert-OH is 1. The third-order valence-electron chi connectivity index (χ3n) is 5.25. The number of carboxylic acid groups (broad SMARTS) is 1. The summed E-state index contributed by atoms with van der Waals surface area (Å²) in [6, 6.07) is -0.769. The number of β-lactam (4-membered cyclic amide) rings is 1. The Morgan fingerprint density at radius 1 is 1.41 bits per heavy atom. The zero-order valence-corrected chi connectivity index (χ0v) is 16.5. The number of aliphatic carboxylic acids is 1. The summed E-state index contributed by atoms with van der Waals surface area (Å²) in [5.41, 5.74) is 0.0127. The summed E-state index contributed by atoms with van der Waals surface area (Å²) < 4.78 is 0. The fourth-order valence-corrected chi connectivity index (χ4v) is 5.55. The second kappa shape index (κ2) is 7.42. The maximum absolute atomic E-state index is 12.4. The smallest absolute Gasteiger partial charge is 0.353 e. The molecule has 2 fully saturated rings. The molecule has 6 unspecified atom stereocenters. The van der Waals surface area contributed by atoms with Gasteiger partial charge in [-0.05, 0) is 13.3 Å². The number of hydrogen-bond donors (Lipinski definition) is 3. The summed E-state index contributed by atoms with van der Waals surface area (Å²) in [6.07, 6.45) is -0.308. The van der Waals surface area contributed by atoms with E-state index in [9.17, 15) is 24.6 Å². The molecule has 9 nitrogen and oxygen atoms in total. The largest absolute Gasteiger partial charge is 0.477 e. The van der Waals surface area contributed by atoms with Crippen molar-refractivity contribution in [3.63, 3.8) is 0 Å². The van der Waals surface area contributed by atoms with Gasteiger partial charge in [-0.3, -0.25) is 4.79 Å². The molecule has 3 heterocycles. The molecule has 0 saturated carbocycles. The predicted octanol–water partition coefficient (Wildman–Crippen LogP) is -0.376. The quantitative estimate of drug-likeness (QED) is 0.406. The lowest BCUT2D eigenvalue weighted by Gasteiger charge is -2.46. The fraction of sp³-hybridized carbons (Fsp3) is 0.706. The van der Waals surface area contributed by atoms with Crippen LogP contribution < -0.4 is 5.32 Å². The van der Waals surface area contributed by atoms with Gasteiger partial charge in [0, 0.05) is 36.7 Å². The Morgan fingerprint density at radius 3 is 2.63 bits per heavy atom. The van der Waals surface area contributed by atoms with E-state index >= 15 is 0 Å². The number of fused-ring (bicyclic) bond motifs is 1. The molecular formula is C17H25N3O6S. The normalized spacial score (nSPS) is 33.9. The molecule has 3 rings (SSSR count). The Morgan fingerprint density at radius 2 is 2.07 bits per heavy atom. The second-order valence-electron chi connectivity index (χ2n) is 7.43. The molecule has 0 radical (unpaired) electrons. The van der Waals surface area contributed by atoms with Crippen LogP contribution in [0.2, 0.25) is 0 Å². The van der Waals surface area contributed by atoms with E-state index in [1.807, 2.05) is 6.92 Å². The SMILES string of the molecule is CC(O)C1C(=O)N2C(C(=O)O)=C(SC3CNC(C(=O)ON(C)C)C3)C(C)C12. The fourth-order valence-electron chi connectivity index (χ4n) is 4.07. The zero-order chi connectivity index (χ0) is 20.0. The molecular weight excluding hydrogens is 374 g/mol. The lowest BCUT2D eigenvalue weighted by atomic mass is 9.79. The summed E-state index contributed by atoms with van der Waals surface area (Å²) in [6.45, 7) is 3.98. The molecule has 3 aliphatic heterocycles. The van der Waals surface area contributed by atoms with E-state index in [0.29, 0.717) is 17.9 Å². The van der Waals surface area contributed by atoms with Crippen LogP contribution in [0.15, 0.2) is 10.6 Å². The molecule has 0 spiro atoms. The molecule has 0 aromatic rings. The summed E-state index contributed by atoms with van der Waals surface area (Å²) in [5, 5.41) is 24.0. The van der Waals surface area contributed by atoms with Crippen molar-refractivity contribution in [1.82, 2.24) is 15.3 Å². The van der Waals surface area contributed by atoms with Crippen LogP contribution in [0.3, 0.4) is 0 Å². The lowest BCUT2D eigenvalue weighted by Crippen LogP contribution is -2.63. The van der Waals surface area contributed by atoms with Gasteiger partial charge in [0.15, 0.2) is 0 Å². The number of carbonyl (C=O) groups excluding carboxylic acids is 2. The van der Waals surface area contributed by atoms with Crippen molar-refractivity contribution >= 4 is 29.6 Å². The van der Waals surface area contributed by atoms with Crippen molar-refractivity contribution in [2.75, 3.05) is 20.6 Å². The first-order valence-electron chi connectivity index (χ1n) is 8.91. The number of rotatable bonds is 6. The van der Waals surface area contributed by atoms with E-state index in [2.05, 4.69) is 5.32 Å². The maximum atomic E-state index is 12.4. The molecule has 2 saturated heterocycles. The molecule has 0 bridgehead atoms. The Bertz CT molecular complexity index is 694. The van der Waals surface area contributed by atoms with Gasteiger partial charge < -0.3 is 25.3 Å². The van der Waals surface area contributed by atoms with E-state index in [0.717, 1.165) is 0 Å². The number of nitrogens with one attached hydrogen (secondary N) is 1. The molecule has 0 aliphatic carbocycles. The number of hydrogen-bond acceptors (Lipinski definition) is 8. The van der Waals surface area contributed by atoms with E-state index in [-0.39, 0.29) is 34.8 Å². The Balaban J connectivity index is 1.74. The van der Waals surface area contributed by atoms with Crippen LogP contribution in [0.1, 0.15) is 20.3 Å². The first-order valence-corrected chi connectivity index (χ1v) is 9.79. The van der Waals surface area contributed by atoms with Gasteiger partial charge in [-0.2, -0.15) is 0 Å². The van der Waals surface area contributed by atoms with Crippen LogP contribution in [0.5, 0.6) is 0 Å². The highest BCUT2D eigenvalue weighted by molar-refractivity contribution is 8.03. The van der Waals surface area contributed by atoms with Gasteiger partial charge in [0.1, 0.15) is 11.7 Å². The molecule has 3 N–H and O–H groups in total. The number of carboxylic acids is 1. The van der Waals surface area contributed by atoms with Crippen molar-refractivity contribution in [1.29, 1.82) is 0 Å². The van der Waals surface area contributed by atoms with Crippen LogP contribution in [-0.2, 0) is 19.2 Å². The molecule has 150 valence electrons. The number of carbonyl (C=O) groups is 3. The molecule has 0 aromatic carbocycles. The molecule has 6 atom stereocenters. The first kappa shape index (κ1) is 20.1. The number of hydroxylamine groups is 2. The maximum Gasteiger partial charge on any atom is 0.353 e. The highest BCUT2D eigenvalue weighted by atomic mass is 32.2. The van der Waals surface area contributed by atoms with Crippen molar-refractivity contribution < 1.29 is 29.4 Å². The predicted molar refractivity (Wildman–Crippen MR) is 97.2 cm³/mol. The van der Waals surface area contributed by atoms with Crippen molar-refractivity contribution in [3.8, 4) is 0 Å². The first-order chi connectivity index (χ1) is 12.6. The molecule has 1 amide bonds. The second-order valence-corrected chi connectivity index (χ2v) is 8.77. The highest BCUT2D eigenvalue weighted by Crippen LogP contribution is 2.51. The van der Waals surface area contributed by atoms with Gasteiger partial charge in [-0.1, -0.05) is 6.92 Å². The van der Waals surface area contributed by atoms with Crippen molar-refractivity contribution in [3.05, 3.63) is 10.6 Å². The Labute approximate surface area is 161 Å². The average Bonchev–Trinajstić information content (AvgIpc) is 3.10. The summed E-state index contributed by atoms with van der Waals surface area (Å²) >= 11 is 1.40. The third kappa shape index (κ3) is 3.46. The van der Waals surface area contributed by atoms with E-state index in [4.69, 9.17) is 4.84 Å². The third-order valence-corrected chi connectivity index (χ3v) is 6.76. The van der Waals surface area contributed by atoms with Crippen LogP contribution in [0.4, 0.5) is 0 Å². The van der Waals surface area contributed by atoms with Crippen LogP contribution >= 0.6 is 11.8 Å². The standard InChI is InChI=1S/C17H25N3O6S/c1-7-12-11(8(2)21)15(22)20(12)13(16(23)24)14(7)27-9-5-10(18-6-9)17(25)26-19(3)4/h7-12,18,21H,5-6H2,1-4H3,(H,23,24). The number of nitrogens with zero attached hydrogens (tertiary/aromatic N) is 2. The van der Waals surface area contributed by atoms with Crippen molar-refractivity contribution in [2.24, 2.45) is 11.8 Å². The van der Waals surface area contributed by atoms with Crippen LogP contribution in [0.25, 0.3) is 0 Å². The monoisotopic (exact) mass is 399 g/mol. The van der Waals surface area contributed by atoms with Gasteiger partial charge in [0.2, 0.25) is 5.91 Å².